The van der Waals surface area contributed by atoms with E-state index in [1.807, 2.05) is 0 Å². The van der Waals surface area contributed by atoms with Gasteiger partial charge in [-0.05, 0) is 26.3 Å². The zero-order valence-corrected chi connectivity index (χ0v) is 10.3. The van der Waals surface area contributed by atoms with Crippen molar-refractivity contribution in [2.75, 3.05) is 13.6 Å². The van der Waals surface area contributed by atoms with Gasteiger partial charge in [0.05, 0.1) is 6.54 Å². The molecule has 0 aromatic rings. The summed E-state index contributed by atoms with van der Waals surface area (Å²) in [5, 5.41) is 0. The molecule has 88 valence electrons. The molecule has 0 heterocycles. The van der Waals surface area contributed by atoms with Gasteiger partial charge in [-0.3, -0.25) is 9.69 Å². The van der Waals surface area contributed by atoms with Crippen molar-refractivity contribution in [3.8, 4) is 0 Å². The summed E-state index contributed by atoms with van der Waals surface area (Å²) in [6, 6.07) is 0.660. The van der Waals surface area contributed by atoms with E-state index in [0.29, 0.717) is 18.4 Å². The number of Topliss-reactive ketones (excluding diaryl/α,β-unsaturated/α-hetero) is 1. The Morgan fingerprint density at radius 1 is 1.20 bits per heavy atom. The van der Waals surface area contributed by atoms with Crippen LogP contribution in [0.3, 0.4) is 0 Å². The third-order valence-corrected chi connectivity index (χ3v) is 3.40. The highest BCUT2D eigenvalue weighted by atomic mass is 16.1. The maximum absolute atomic E-state index is 11.5. The van der Waals surface area contributed by atoms with Crippen LogP contribution in [-0.4, -0.2) is 30.3 Å². The van der Waals surface area contributed by atoms with E-state index in [2.05, 4.69) is 18.9 Å². The molecule has 0 radical (unpaired) electrons. The third kappa shape index (κ3) is 4.78. The predicted molar refractivity (Wildman–Crippen MR) is 64.0 cm³/mol. The van der Waals surface area contributed by atoms with Gasteiger partial charge in [0.25, 0.3) is 0 Å². The van der Waals surface area contributed by atoms with Crippen molar-refractivity contribution in [1.29, 1.82) is 0 Å². The van der Waals surface area contributed by atoms with E-state index in [4.69, 9.17) is 0 Å². The average molecular weight is 211 g/mol. The predicted octanol–water partition coefficient (Wildman–Crippen LogP) is 3.01. The largest absolute Gasteiger partial charge is 0.298 e. The summed E-state index contributed by atoms with van der Waals surface area (Å²) in [6.45, 7) is 2.74. The van der Waals surface area contributed by atoms with Crippen molar-refractivity contribution in [2.24, 2.45) is 0 Å². The number of ketones is 1. The molecule has 0 aromatic carbocycles. The number of nitrogens with zero attached hydrogens (tertiary/aromatic N) is 1. The van der Waals surface area contributed by atoms with Gasteiger partial charge in [0.15, 0.2) is 0 Å². The molecule has 1 rings (SSSR count). The van der Waals surface area contributed by atoms with E-state index in [0.717, 1.165) is 12.8 Å². The minimum Gasteiger partial charge on any atom is -0.298 e. The lowest BCUT2D eigenvalue weighted by Gasteiger charge is -2.26. The van der Waals surface area contributed by atoms with Gasteiger partial charge in [0.1, 0.15) is 5.78 Å². The lowest BCUT2D eigenvalue weighted by atomic mass is 10.1. The molecule has 0 unspecified atom stereocenters. The van der Waals surface area contributed by atoms with Crippen LogP contribution in [0.5, 0.6) is 0 Å². The third-order valence-electron chi connectivity index (χ3n) is 3.40. The Hall–Kier alpha value is -0.370. The number of hydrogen-bond acceptors (Lipinski definition) is 2. The Kier molecular flexibility index (Phi) is 5.92. The maximum Gasteiger partial charge on any atom is 0.146 e. The molecule has 0 N–H and O–H groups in total. The summed E-state index contributed by atoms with van der Waals surface area (Å²) >= 11 is 0. The normalized spacial score (nSPS) is 19.1. The number of hydrogen-bond donors (Lipinski definition) is 0. The molecule has 2 nitrogen and oxygen atoms in total. The number of rotatable bonds is 5. The van der Waals surface area contributed by atoms with Crippen molar-refractivity contribution in [1.82, 2.24) is 4.90 Å². The van der Waals surface area contributed by atoms with Crippen molar-refractivity contribution in [3.63, 3.8) is 0 Å². The Morgan fingerprint density at radius 3 is 2.33 bits per heavy atom. The molecule has 15 heavy (non-hydrogen) atoms. The Morgan fingerprint density at radius 2 is 1.80 bits per heavy atom. The highest BCUT2D eigenvalue weighted by Crippen LogP contribution is 2.20. The molecule has 1 aliphatic carbocycles. The first-order chi connectivity index (χ1) is 7.24. The van der Waals surface area contributed by atoms with Crippen LogP contribution in [0.15, 0.2) is 0 Å². The lowest BCUT2D eigenvalue weighted by Crippen LogP contribution is -2.35. The topological polar surface area (TPSA) is 20.3 Å². The van der Waals surface area contributed by atoms with Crippen LogP contribution >= 0.6 is 0 Å². The molecule has 1 fully saturated rings. The Bertz CT molecular complexity index is 183. The molecule has 0 aromatic heterocycles. The van der Waals surface area contributed by atoms with Crippen molar-refractivity contribution in [3.05, 3.63) is 0 Å². The van der Waals surface area contributed by atoms with Gasteiger partial charge in [-0.25, -0.2) is 0 Å². The zero-order chi connectivity index (χ0) is 11.1. The second-order valence-electron chi connectivity index (χ2n) is 4.85. The lowest BCUT2D eigenvalue weighted by molar-refractivity contribution is -0.120. The van der Waals surface area contributed by atoms with Gasteiger partial charge in [-0.1, -0.05) is 32.6 Å². The fourth-order valence-corrected chi connectivity index (χ4v) is 2.46. The SMILES string of the molecule is CCCC(=O)CN(C)C1CCCCCC1. The Labute approximate surface area is 94.0 Å². The molecule has 0 saturated heterocycles. The summed E-state index contributed by atoms with van der Waals surface area (Å²) in [7, 11) is 2.11. The van der Waals surface area contributed by atoms with Crippen LogP contribution < -0.4 is 0 Å². The number of carbonyl (C=O) groups is 1. The standard InChI is InChI=1S/C13H25NO/c1-3-8-13(15)11-14(2)12-9-6-4-5-7-10-12/h12H,3-11H2,1-2H3. The second-order valence-corrected chi connectivity index (χ2v) is 4.85. The molecular formula is C13H25NO. The first kappa shape index (κ1) is 12.7. The van der Waals surface area contributed by atoms with Gasteiger partial charge >= 0.3 is 0 Å². The molecule has 0 spiro atoms. The number of likely N-dealkylation sites (N-methyl/N-ethyl adjacent to an activating group) is 1. The average Bonchev–Trinajstić information content (AvgIpc) is 2.45. The molecule has 0 atom stereocenters. The number of carbonyl (C=O) groups excluding carboxylic acids is 1. The van der Waals surface area contributed by atoms with E-state index >= 15 is 0 Å². The maximum atomic E-state index is 11.5. The Balaban J connectivity index is 2.30. The molecule has 0 aliphatic heterocycles. The summed E-state index contributed by atoms with van der Waals surface area (Å²) in [6.07, 6.45) is 9.76. The molecule has 0 amide bonds. The van der Waals surface area contributed by atoms with E-state index in [1.54, 1.807) is 0 Å². The van der Waals surface area contributed by atoms with Gasteiger partial charge in [-0.2, -0.15) is 0 Å². The molecule has 2 heteroatoms. The zero-order valence-electron chi connectivity index (χ0n) is 10.3. The monoisotopic (exact) mass is 211 g/mol. The fourth-order valence-electron chi connectivity index (χ4n) is 2.46. The van der Waals surface area contributed by atoms with E-state index in [-0.39, 0.29) is 0 Å². The van der Waals surface area contributed by atoms with Crippen LogP contribution in [0.4, 0.5) is 0 Å². The molecule has 1 saturated carbocycles. The quantitative estimate of drug-likeness (QED) is 0.652. The van der Waals surface area contributed by atoms with E-state index in [1.165, 1.54) is 38.5 Å². The smallest absolute Gasteiger partial charge is 0.146 e. The van der Waals surface area contributed by atoms with Crippen LogP contribution in [0.1, 0.15) is 58.3 Å². The van der Waals surface area contributed by atoms with E-state index in [9.17, 15) is 4.79 Å². The van der Waals surface area contributed by atoms with Gasteiger partial charge in [0, 0.05) is 12.5 Å². The second kappa shape index (κ2) is 7.00. The van der Waals surface area contributed by atoms with Crippen molar-refractivity contribution >= 4 is 5.78 Å². The van der Waals surface area contributed by atoms with Crippen molar-refractivity contribution < 1.29 is 4.79 Å². The van der Waals surface area contributed by atoms with Crippen LogP contribution in [-0.2, 0) is 4.79 Å². The summed E-state index contributed by atoms with van der Waals surface area (Å²) < 4.78 is 0. The van der Waals surface area contributed by atoms with Gasteiger partial charge < -0.3 is 0 Å². The fraction of sp³-hybridized carbons (Fsp3) is 0.923. The van der Waals surface area contributed by atoms with Crippen molar-refractivity contribution in [2.45, 2.75) is 64.3 Å². The summed E-state index contributed by atoms with van der Waals surface area (Å²) in [4.78, 5) is 13.8. The molecule has 0 bridgehead atoms. The first-order valence-corrected chi connectivity index (χ1v) is 6.46. The van der Waals surface area contributed by atoms with E-state index < -0.39 is 0 Å². The highest BCUT2D eigenvalue weighted by molar-refractivity contribution is 5.80. The minimum atomic E-state index is 0.407. The first-order valence-electron chi connectivity index (χ1n) is 6.46. The summed E-state index contributed by atoms with van der Waals surface area (Å²) in [5.41, 5.74) is 0. The molecule has 1 aliphatic rings. The van der Waals surface area contributed by atoms with Crippen LogP contribution in [0.2, 0.25) is 0 Å². The minimum absolute atomic E-state index is 0.407. The molecular weight excluding hydrogens is 186 g/mol. The van der Waals surface area contributed by atoms with Crippen LogP contribution in [0, 0.1) is 0 Å². The van der Waals surface area contributed by atoms with Gasteiger partial charge in [0.2, 0.25) is 0 Å². The summed E-state index contributed by atoms with van der Waals surface area (Å²) in [5.74, 6) is 0.407. The van der Waals surface area contributed by atoms with Crippen LogP contribution in [0.25, 0.3) is 0 Å². The van der Waals surface area contributed by atoms with Gasteiger partial charge in [-0.15, -0.1) is 0 Å². The highest BCUT2D eigenvalue weighted by Gasteiger charge is 2.18.